The first kappa shape index (κ1) is 13.8. The summed E-state index contributed by atoms with van der Waals surface area (Å²) in [5.74, 6) is 1.83. The first-order valence-electron chi connectivity index (χ1n) is 6.99. The molecule has 21 heavy (non-hydrogen) atoms. The van der Waals surface area contributed by atoms with Crippen molar-refractivity contribution in [3.63, 3.8) is 0 Å². The molecule has 0 spiro atoms. The molecule has 3 rings (SSSR count). The number of ether oxygens (including phenoxy) is 1. The van der Waals surface area contributed by atoms with E-state index in [-0.39, 0.29) is 5.91 Å². The fourth-order valence-corrected chi connectivity index (χ4v) is 2.55. The van der Waals surface area contributed by atoms with Gasteiger partial charge in [0.15, 0.2) is 11.5 Å². The normalized spacial score (nSPS) is 17.5. The smallest absolute Gasteiger partial charge is 0.273 e. The summed E-state index contributed by atoms with van der Waals surface area (Å²) in [6.07, 6.45) is 5.75. The lowest BCUT2D eigenvalue weighted by Crippen LogP contribution is -2.33. The van der Waals surface area contributed by atoms with E-state index in [0.717, 1.165) is 25.2 Å². The molecule has 0 saturated carbocycles. The van der Waals surface area contributed by atoms with Crippen LogP contribution < -0.4 is 5.32 Å². The van der Waals surface area contributed by atoms with Crippen molar-refractivity contribution in [3.8, 4) is 0 Å². The van der Waals surface area contributed by atoms with Crippen molar-refractivity contribution in [2.45, 2.75) is 26.0 Å². The molecule has 0 fully saturated rings. The zero-order chi connectivity index (χ0) is 14.7. The largest absolute Gasteiger partial charge is 0.377 e. The van der Waals surface area contributed by atoms with E-state index < -0.39 is 0 Å². The summed E-state index contributed by atoms with van der Waals surface area (Å²) in [6.45, 7) is 1.89. The van der Waals surface area contributed by atoms with Gasteiger partial charge in [-0.05, 0) is 12.3 Å². The summed E-state index contributed by atoms with van der Waals surface area (Å²) in [4.78, 5) is 16.3. The van der Waals surface area contributed by atoms with Crippen molar-refractivity contribution in [1.29, 1.82) is 0 Å². The van der Waals surface area contributed by atoms with Crippen LogP contribution in [0, 0.1) is 5.92 Å². The van der Waals surface area contributed by atoms with Crippen molar-refractivity contribution in [1.82, 2.24) is 20.0 Å². The first-order valence-corrected chi connectivity index (χ1v) is 6.99. The Hall–Kier alpha value is -2.15. The van der Waals surface area contributed by atoms with E-state index in [4.69, 9.17) is 9.26 Å². The number of amides is 1. The Kier molecular flexibility index (Phi) is 4.01. The molecular weight excluding hydrogens is 272 g/mol. The minimum Gasteiger partial charge on any atom is -0.377 e. The van der Waals surface area contributed by atoms with Gasteiger partial charge in [-0.25, -0.2) is 4.98 Å². The Balaban J connectivity index is 1.52. The minimum absolute atomic E-state index is 0.213. The summed E-state index contributed by atoms with van der Waals surface area (Å²) in [7, 11) is 1.56. The number of aryl methyl sites for hydroxylation is 1. The number of aromatic nitrogens is 3. The highest BCUT2D eigenvalue weighted by atomic mass is 16.5. The number of carbonyl (C=O) groups is 1. The van der Waals surface area contributed by atoms with E-state index in [9.17, 15) is 4.79 Å². The number of nitrogens with one attached hydrogen (secondary N) is 1. The molecule has 7 nitrogen and oxygen atoms in total. The fraction of sp³-hybridized carbons (Fsp3) is 0.500. The summed E-state index contributed by atoms with van der Waals surface area (Å²) in [5.41, 5.74) is 0.291. The van der Waals surface area contributed by atoms with E-state index in [1.165, 1.54) is 0 Å². The number of hydrogen-bond donors (Lipinski definition) is 1. The molecule has 1 N–H and O–H groups in total. The minimum atomic E-state index is -0.213. The highest BCUT2D eigenvalue weighted by Crippen LogP contribution is 2.18. The number of hydrogen-bond acceptors (Lipinski definition) is 5. The van der Waals surface area contributed by atoms with Gasteiger partial charge in [-0.2, -0.15) is 0 Å². The zero-order valence-corrected chi connectivity index (χ0v) is 11.9. The Labute approximate surface area is 122 Å². The molecule has 1 aliphatic heterocycles. The number of rotatable bonds is 5. The number of imidazole rings is 1. The molecule has 7 heteroatoms. The predicted molar refractivity (Wildman–Crippen MR) is 73.6 cm³/mol. The summed E-state index contributed by atoms with van der Waals surface area (Å²) >= 11 is 0. The number of carbonyl (C=O) groups excluding carboxylic acids is 1. The predicted octanol–water partition coefficient (Wildman–Crippen LogP) is 1.01. The Bertz CT molecular complexity index is 619. The Morgan fingerprint density at radius 2 is 2.52 bits per heavy atom. The molecule has 2 aromatic heterocycles. The molecule has 1 aliphatic rings. The first-order chi connectivity index (χ1) is 10.3. The summed E-state index contributed by atoms with van der Waals surface area (Å²) in [5, 5.41) is 6.65. The van der Waals surface area contributed by atoms with Gasteiger partial charge < -0.3 is 19.1 Å². The van der Waals surface area contributed by atoms with Crippen LogP contribution in [0.4, 0.5) is 0 Å². The summed E-state index contributed by atoms with van der Waals surface area (Å²) < 4.78 is 12.1. The van der Waals surface area contributed by atoms with Crippen LogP contribution in [0.5, 0.6) is 0 Å². The molecule has 0 bridgehead atoms. The topological polar surface area (TPSA) is 82.2 Å². The van der Waals surface area contributed by atoms with Crippen molar-refractivity contribution < 1.29 is 14.1 Å². The molecule has 1 amide bonds. The van der Waals surface area contributed by atoms with Crippen molar-refractivity contribution in [2.24, 2.45) is 5.92 Å². The second-order valence-electron chi connectivity index (χ2n) is 5.22. The van der Waals surface area contributed by atoms with Gasteiger partial charge in [0.1, 0.15) is 12.4 Å². The molecule has 2 aromatic rings. The SMILES string of the molecule is COCc1cc(C(=O)NC[C@@H]2CCn3ccnc3C2)no1. The molecule has 0 radical (unpaired) electrons. The van der Waals surface area contributed by atoms with Gasteiger partial charge in [-0.1, -0.05) is 5.16 Å². The van der Waals surface area contributed by atoms with Gasteiger partial charge in [0, 0.05) is 45.1 Å². The van der Waals surface area contributed by atoms with Crippen LogP contribution in [-0.2, 0) is 24.3 Å². The standard InChI is InChI=1S/C14H18N4O3/c1-20-9-11-7-12(17-21-11)14(19)16-8-10-2-4-18-5-3-15-13(18)6-10/h3,5,7,10H,2,4,6,8-9H2,1H3,(H,16,19)/t10-/m1/s1. The Morgan fingerprint density at radius 1 is 1.62 bits per heavy atom. The van der Waals surface area contributed by atoms with Crippen LogP contribution in [0.1, 0.15) is 28.5 Å². The average Bonchev–Trinajstić information content (AvgIpc) is 3.13. The molecule has 0 aliphatic carbocycles. The van der Waals surface area contributed by atoms with E-state index in [1.54, 1.807) is 13.2 Å². The maximum atomic E-state index is 12.0. The second kappa shape index (κ2) is 6.09. The zero-order valence-electron chi connectivity index (χ0n) is 11.9. The third kappa shape index (κ3) is 3.13. The van der Waals surface area contributed by atoms with Crippen LogP contribution in [0.3, 0.4) is 0 Å². The third-order valence-corrected chi connectivity index (χ3v) is 3.68. The van der Waals surface area contributed by atoms with Gasteiger partial charge in [-0.3, -0.25) is 4.79 Å². The van der Waals surface area contributed by atoms with E-state index in [2.05, 4.69) is 20.0 Å². The molecule has 0 unspecified atom stereocenters. The maximum absolute atomic E-state index is 12.0. The van der Waals surface area contributed by atoms with Crippen LogP contribution in [0.2, 0.25) is 0 Å². The molecule has 1 atom stereocenters. The van der Waals surface area contributed by atoms with Crippen molar-refractivity contribution in [3.05, 3.63) is 35.7 Å². The van der Waals surface area contributed by atoms with Gasteiger partial charge in [-0.15, -0.1) is 0 Å². The van der Waals surface area contributed by atoms with Gasteiger partial charge in [0.05, 0.1) is 0 Å². The van der Waals surface area contributed by atoms with Gasteiger partial charge >= 0.3 is 0 Å². The number of methoxy groups -OCH3 is 1. The van der Waals surface area contributed by atoms with Gasteiger partial charge in [0.2, 0.25) is 0 Å². The summed E-state index contributed by atoms with van der Waals surface area (Å²) in [6, 6.07) is 1.60. The maximum Gasteiger partial charge on any atom is 0.273 e. The molecule has 0 aromatic carbocycles. The fourth-order valence-electron chi connectivity index (χ4n) is 2.55. The molecular formula is C14H18N4O3. The monoisotopic (exact) mass is 290 g/mol. The van der Waals surface area contributed by atoms with Crippen molar-refractivity contribution >= 4 is 5.91 Å². The Morgan fingerprint density at radius 3 is 3.38 bits per heavy atom. The van der Waals surface area contributed by atoms with Gasteiger partial charge in [0.25, 0.3) is 5.91 Å². The number of nitrogens with zero attached hydrogens (tertiary/aromatic N) is 3. The lowest BCUT2D eigenvalue weighted by molar-refractivity contribution is 0.0934. The second-order valence-corrected chi connectivity index (χ2v) is 5.22. The number of fused-ring (bicyclic) bond motifs is 1. The van der Waals surface area contributed by atoms with Crippen LogP contribution in [-0.4, -0.2) is 34.3 Å². The molecule has 3 heterocycles. The van der Waals surface area contributed by atoms with Crippen LogP contribution in [0.25, 0.3) is 0 Å². The van der Waals surface area contributed by atoms with E-state index in [1.807, 2.05) is 12.4 Å². The lowest BCUT2D eigenvalue weighted by atomic mass is 9.98. The quantitative estimate of drug-likeness (QED) is 0.888. The lowest BCUT2D eigenvalue weighted by Gasteiger charge is -2.23. The van der Waals surface area contributed by atoms with Crippen LogP contribution in [0.15, 0.2) is 23.0 Å². The highest BCUT2D eigenvalue weighted by molar-refractivity contribution is 5.92. The molecule has 0 saturated heterocycles. The molecule has 112 valence electrons. The third-order valence-electron chi connectivity index (χ3n) is 3.68. The van der Waals surface area contributed by atoms with Crippen molar-refractivity contribution in [2.75, 3.05) is 13.7 Å². The highest BCUT2D eigenvalue weighted by Gasteiger charge is 2.20. The van der Waals surface area contributed by atoms with E-state index in [0.29, 0.717) is 30.5 Å². The van der Waals surface area contributed by atoms with E-state index >= 15 is 0 Å². The average molecular weight is 290 g/mol. The van der Waals surface area contributed by atoms with Crippen LogP contribution >= 0.6 is 0 Å².